The van der Waals surface area contributed by atoms with Crippen LogP contribution in [0, 0.1) is 0 Å². The molecular weight excluding hydrogens is 371 g/mol. The third kappa shape index (κ3) is 5.79. The molecule has 1 amide bonds. The van der Waals surface area contributed by atoms with Crippen molar-refractivity contribution in [1.29, 1.82) is 0 Å². The lowest BCUT2D eigenvalue weighted by Crippen LogP contribution is -2.30. The zero-order valence-electron chi connectivity index (χ0n) is 12.8. The first-order valence-corrected chi connectivity index (χ1v) is 9.66. The summed E-state index contributed by atoms with van der Waals surface area (Å²) in [7, 11) is -3.50. The molecule has 0 fully saturated rings. The fourth-order valence-electron chi connectivity index (χ4n) is 2.13. The molecule has 0 spiro atoms. The molecule has 2 N–H and O–H groups in total. The number of carbonyl (C=O) groups is 1. The van der Waals surface area contributed by atoms with Crippen LogP contribution in [0.3, 0.4) is 0 Å². The van der Waals surface area contributed by atoms with E-state index < -0.39 is 16.1 Å². The highest BCUT2D eigenvalue weighted by atomic mass is 35.5. The lowest BCUT2D eigenvalue weighted by atomic mass is 10.0. The number of amides is 1. The summed E-state index contributed by atoms with van der Waals surface area (Å²) in [6.07, 6.45) is 0.960. The standard InChI is InChI=1S/C16H16Cl2N2O3S/c1-24(22,23)20-15(11-6-8-12(17)9-7-11)10-16(21)19-14-5-3-2-4-13(14)18/h2-9,15,20H,10H2,1H3,(H,19,21)/t15-/m0/s1. The second kappa shape index (κ2) is 7.98. The topological polar surface area (TPSA) is 75.3 Å². The minimum Gasteiger partial charge on any atom is -0.325 e. The highest BCUT2D eigenvalue weighted by molar-refractivity contribution is 7.88. The number of hydrogen-bond acceptors (Lipinski definition) is 3. The minimum absolute atomic E-state index is 0.0834. The quantitative estimate of drug-likeness (QED) is 0.795. The molecule has 24 heavy (non-hydrogen) atoms. The van der Waals surface area contributed by atoms with Crippen LogP contribution in [0.1, 0.15) is 18.0 Å². The van der Waals surface area contributed by atoms with Gasteiger partial charge < -0.3 is 5.32 Å². The van der Waals surface area contributed by atoms with Crippen LogP contribution in [0.5, 0.6) is 0 Å². The lowest BCUT2D eigenvalue weighted by molar-refractivity contribution is -0.116. The SMILES string of the molecule is CS(=O)(=O)N[C@@H](CC(=O)Nc1ccccc1Cl)c1ccc(Cl)cc1. The molecule has 0 heterocycles. The molecule has 0 saturated heterocycles. The smallest absolute Gasteiger partial charge is 0.226 e. The highest BCUT2D eigenvalue weighted by Gasteiger charge is 2.20. The molecule has 2 aromatic carbocycles. The molecule has 5 nitrogen and oxygen atoms in total. The van der Waals surface area contributed by atoms with Crippen molar-refractivity contribution in [3.63, 3.8) is 0 Å². The molecule has 8 heteroatoms. The summed E-state index contributed by atoms with van der Waals surface area (Å²) < 4.78 is 25.6. The molecule has 1 atom stereocenters. The van der Waals surface area contributed by atoms with E-state index in [0.717, 1.165) is 6.26 Å². The number of carbonyl (C=O) groups excluding carboxylic acids is 1. The summed E-state index contributed by atoms with van der Waals surface area (Å²) in [4.78, 5) is 12.3. The number of sulfonamides is 1. The van der Waals surface area contributed by atoms with Gasteiger partial charge in [0, 0.05) is 11.4 Å². The van der Waals surface area contributed by atoms with Crippen molar-refractivity contribution in [1.82, 2.24) is 4.72 Å². The Hall–Kier alpha value is -1.60. The largest absolute Gasteiger partial charge is 0.325 e. The predicted octanol–water partition coefficient (Wildman–Crippen LogP) is 3.61. The fourth-order valence-corrected chi connectivity index (χ4v) is 3.18. The number of benzene rings is 2. The van der Waals surface area contributed by atoms with E-state index in [1.807, 2.05) is 0 Å². The molecule has 2 rings (SSSR count). The maximum Gasteiger partial charge on any atom is 0.226 e. The zero-order chi connectivity index (χ0) is 17.7. The summed E-state index contributed by atoms with van der Waals surface area (Å²) >= 11 is 11.9. The maximum absolute atomic E-state index is 12.3. The van der Waals surface area contributed by atoms with Crippen molar-refractivity contribution >= 4 is 44.8 Å². The first kappa shape index (κ1) is 18.7. The number of para-hydroxylation sites is 1. The molecule has 0 unspecified atom stereocenters. The van der Waals surface area contributed by atoms with Crippen LogP contribution >= 0.6 is 23.2 Å². The lowest BCUT2D eigenvalue weighted by Gasteiger charge is -2.18. The van der Waals surface area contributed by atoms with Gasteiger partial charge in [-0.25, -0.2) is 13.1 Å². The second-order valence-electron chi connectivity index (χ2n) is 5.23. The molecule has 0 bridgehead atoms. The molecule has 0 aliphatic rings. The molecule has 0 aromatic heterocycles. The summed E-state index contributed by atoms with van der Waals surface area (Å²) in [5, 5.41) is 3.61. The van der Waals surface area contributed by atoms with Crippen LogP contribution in [0.25, 0.3) is 0 Å². The van der Waals surface area contributed by atoms with Gasteiger partial charge in [0.15, 0.2) is 0 Å². The van der Waals surface area contributed by atoms with E-state index in [4.69, 9.17) is 23.2 Å². The molecule has 0 saturated carbocycles. The summed E-state index contributed by atoms with van der Waals surface area (Å²) in [6, 6.07) is 12.7. The average molecular weight is 387 g/mol. The van der Waals surface area contributed by atoms with Crippen LogP contribution in [0.4, 0.5) is 5.69 Å². The molecular formula is C16H16Cl2N2O3S. The van der Waals surface area contributed by atoms with E-state index in [0.29, 0.717) is 21.3 Å². The van der Waals surface area contributed by atoms with E-state index in [-0.39, 0.29) is 12.3 Å². The number of halogens is 2. The van der Waals surface area contributed by atoms with Crippen molar-refractivity contribution in [2.45, 2.75) is 12.5 Å². The Bertz CT molecular complexity index is 823. The van der Waals surface area contributed by atoms with Gasteiger partial charge in [0.1, 0.15) is 0 Å². The van der Waals surface area contributed by atoms with Crippen LogP contribution in [-0.2, 0) is 14.8 Å². The number of anilines is 1. The summed E-state index contributed by atoms with van der Waals surface area (Å²) in [5.74, 6) is -0.362. The first-order chi connectivity index (χ1) is 11.2. The van der Waals surface area contributed by atoms with Crippen molar-refractivity contribution in [3.8, 4) is 0 Å². The maximum atomic E-state index is 12.3. The minimum atomic E-state index is -3.50. The van der Waals surface area contributed by atoms with Gasteiger partial charge in [0.25, 0.3) is 0 Å². The van der Waals surface area contributed by atoms with E-state index in [9.17, 15) is 13.2 Å². The fraction of sp³-hybridized carbons (Fsp3) is 0.188. The normalized spacial score (nSPS) is 12.6. The van der Waals surface area contributed by atoms with Crippen LogP contribution in [-0.4, -0.2) is 20.6 Å². The van der Waals surface area contributed by atoms with Gasteiger partial charge in [0.2, 0.25) is 15.9 Å². The average Bonchev–Trinajstić information content (AvgIpc) is 2.48. The highest BCUT2D eigenvalue weighted by Crippen LogP contribution is 2.23. The van der Waals surface area contributed by atoms with Gasteiger partial charge in [-0.3, -0.25) is 4.79 Å². The number of nitrogens with one attached hydrogen (secondary N) is 2. The predicted molar refractivity (Wildman–Crippen MR) is 96.9 cm³/mol. The Morgan fingerprint density at radius 3 is 2.29 bits per heavy atom. The zero-order valence-corrected chi connectivity index (χ0v) is 15.1. The van der Waals surface area contributed by atoms with Crippen molar-refractivity contribution in [2.24, 2.45) is 0 Å². The first-order valence-electron chi connectivity index (χ1n) is 7.02. The molecule has 0 aliphatic heterocycles. The van der Waals surface area contributed by atoms with E-state index in [1.165, 1.54) is 0 Å². The van der Waals surface area contributed by atoms with Gasteiger partial charge in [-0.05, 0) is 29.8 Å². The van der Waals surface area contributed by atoms with Crippen LogP contribution in [0.15, 0.2) is 48.5 Å². The monoisotopic (exact) mass is 386 g/mol. The second-order valence-corrected chi connectivity index (χ2v) is 7.85. The van der Waals surface area contributed by atoms with Crippen molar-refractivity contribution in [3.05, 3.63) is 64.1 Å². The van der Waals surface area contributed by atoms with E-state index >= 15 is 0 Å². The molecule has 0 radical (unpaired) electrons. The molecule has 2 aromatic rings. The Labute approximate surface area is 151 Å². The summed E-state index contributed by atoms with van der Waals surface area (Å²) in [6.45, 7) is 0. The van der Waals surface area contributed by atoms with Crippen molar-refractivity contribution in [2.75, 3.05) is 11.6 Å². The molecule has 128 valence electrons. The third-order valence-electron chi connectivity index (χ3n) is 3.17. The van der Waals surface area contributed by atoms with Gasteiger partial charge in [-0.2, -0.15) is 0 Å². The van der Waals surface area contributed by atoms with E-state index in [2.05, 4.69) is 10.0 Å². The Balaban J connectivity index is 2.17. The van der Waals surface area contributed by atoms with Crippen molar-refractivity contribution < 1.29 is 13.2 Å². The van der Waals surface area contributed by atoms with Crippen LogP contribution < -0.4 is 10.0 Å². The van der Waals surface area contributed by atoms with Gasteiger partial charge in [0.05, 0.1) is 23.0 Å². The van der Waals surface area contributed by atoms with Gasteiger partial charge in [-0.15, -0.1) is 0 Å². The Morgan fingerprint density at radius 1 is 1.08 bits per heavy atom. The molecule has 0 aliphatic carbocycles. The Morgan fingerprint density at radius 2 is 1.71 bits per heavy atom. The van der Waals surface area contributed by atoms with Gasteiger partial charge in [-0.1, -0.05) is 47.5 Å². The van der Waals surface area contributed by atoms with E-state index in [1.54, 1.807) is 48.5 Å². The number of hydrogen-bond donors (Lipinski definition) is 2. The van der Waals surface area contributed by atoms with Crippen LogP contribution in [0.2, 0.25) is 10.0 Å². The third-order valence-corrected chi connectivity index (χ3v) is 4.46. The number of rotatable bonds is 6. The van der Waals surface area contributed by atoms with Gasteiger partial charge >= 0.3 is 0 Å². The summed E-state index contributed by atoms with van der Waals surface area (Å²) in [5.41, 5.74) is 1.11. The Kier molecular flexibility index (Phi) is 6.23.